The lowest BCUT2D eigenvalue weighted by Crippen LogP contribution is -2.45. The number of hydrogen-bond acceptors (Lipinski definition) is 3. The minimum absolute atomic E-state index is 0. The summed E-state index contributed by atoms with van der Waals surface area (Å²) in [5, 5.41) is 0. The molecule has 0 amide bonds. The molecule has 0 aromatic rings. The summed E-state index contributed by atoms with van der Waals surface area (Å²) in [4.78, 5) is 2.64. The Morgan fingerprint density at radius 2 is 1.71 bits per heavy atom. The Kier molecular flexibility index (Phi) is 7.61. The Bertz CT molecular complexity index is 146. The zero-order valence-electron chi connectivity index (χ0n) is 8.35. The molecular formula is C9H20Cl2N2S. The Labute approximate surface area is 103 Å². The van der Waals surface area contributed by atoms with E-state index in [2.05, 4.69) is 16.7 Å². The van der Waals surface area contributed by atoms with E-state index in [9.17, 15) is 0 Å². The van der Waals surface area contributed by atoms with Crippen molar-refractivity contribution >= 4 is 36.6 Å². The molecule has 2 aliphatic rings. The van der Waals surface area contributed by atoms with Crippen LogP contribution in [0.1, 0.15) is 19.3 Å². The van der Waals surface area contributed by atoms with Crippen molar-refractivity contribution in [3.05, 3.63) is 0 Å². The fourth-order valence-corrected chi connectivity index (χ4v) is 3.35. The Morgan fingerprint density at radius 1 is 1.07 bits per heavy atom. The van der Waals surface area contributed by atoms with E-state index in [-0.39, 0.29) is 24.8 Å². The van der Waals surface area contributed by atoms with Gasteiger partial charge in [-0.2, -0.15) is 11.8 Å². The van der Waals surface area contributed by atoms with Crippen molar-refractivity contribution in [3.8, 4) is 0 Å². The highest BCUT2D eigenvalue weighted by molar-refractivity contribution is 7.99. The molecular weight excluding hydrogens is 239 g/mol. The van der Waals surface area contributed by atoms with Crippen LogP contribution in [-0.4, -0.2) is 41.6 Å². The first-order valence-corrected chi connectivity index (χ1v) is 6.09. The van der Waals surface area contributed by atoms with Crippen LogP contribution < -0.4 is 5.73 Å². The van der Waals surface area contributed by atoms with Gasteiger partial charge in [-0.05, 0) is 38.1 Å². The minimum atomic E-state index is 0. The first-order chi connectivity index (χ1) is 5.86. The molecule has 0 aromatic heterocycles. The molecule has 86 valence electrons. The first-order valence-electron chi connectivity index (χ1n) is 4.93. The molecule has 2 saturated heterocycles. The van der Waals surface area contributed by atoms with Crippen molar-refractivity contribution in [2.24, 2.45) is 5.73 Å². The Hall–Kier alpha value is 0.850. The monoisotopic (exact) mass is 258 g/mol. The predicted octanol–water partition coefficient (Wildman–Crippen LogP) is 1.76. The van der Waals surface area contributed by atoms with Gasteiger partial charge in [0.2, 0.25) is 0 Å². The highest BCUT2D eigenvalue weighted by atomic mass is 35.5. The molecule has 0 radical (unpaired) electrons. The van der Waals surface area contributed by atoms with Crippen LogP contribution in [0.15, 0.2) is 0 Å². The van der Waals surface area contributed by atoms with E-state index in [0.717, 1.165) is 6.04 Å². The molecule has 0 aliphatic carbocycles. The van der Waals surface area contributed by atoms with Crippen molar-refractivity contribution in [2.75, 3.05) is 24.6 Å². The van der Waals surface area contributed by atoms with Gasteiger partial charge in [0.1, 0.15) is 0 Å². The van der Waals surface area contributed by atoms with E-state index in [1.54, 1.807) is 0 Å². The zero-order chi connectivity index (χ0) is 8.39. The van der Waals surface area contributed by atoms with Crippen LogP contribution in [0.2, 0.25) is 0 Å². The fourth-order valence-electron chi connectivity index (χ4n) is 2.09. The molecule has 2 nitrogen and oxygen atoms in total. The normalized spacial score (nSPS) is 29.4. The smallest absolute Gasteiger partial charge is 0.0194 e. The Balaban J connectivity index is 0.000000845. The first kappa shape index (κ1) is 14.8. The maximum absolute atomic E-state index is 5.86. The summed E-state index contributed by atoms with van der Waals surface area (Å²) in [7, 11) is 0. The van der Waals surface area contributed by atoms with Crippen molar-refractivity contribution < 1.29 is 0 Å². The predicted molar refractivity (Wildman–Crippen MR) is 69.0 cm³/mol. The van der Waals surface area contributed by atoms with Gasteiger partial charge in [-0.15, -0.1) is 24.8 Å². The van der Waals surface area contributed by atoms with E-state index in [0.29, 0.717) is 6.04 Å². The molecule has 2 N–H and O–H groups in total. The second kappa shape index (κ2) is 7.18. The SMILES string of the molecule is Cl.Cl.NC1CCN(C2CCSC2)CC1. The maximum atomic E-state index is 5.86. The fraction of sp³-hybridized carbons (Fsp3) is 1.00. The summed E-state index contributed by atoms with van der Waals surface area (Å²) in [5.74, 6) is 2.72. The van der Waals surface area contributed by atoms with Crippen molar-refractivity contribution in [2.45, 2.75) is 31.3 Å². The third kappa shape index (κ3) is 3.78. The molecule has 2 heterocycles. The molecule has 2 fully saturated rings. The van der Waals surface area contributed by atoms with Gasteiger partial charge in [0, 0.05) is 17.8 Å². The summed E-state index contributed by atoms with van der Waals surface area (Å²) in [6.45, 7) is 2.48. The van der Waals surface area contributed by atoms with Crippen molar-refractivity contribution in [1.82, 2.24) is 4.90 Å². The van der Waals surface area contributed by atoms with Gasteiger partial charge in [0.15, 0.2) is 0 Å². The number of hydrogen-bond donors (Lipinski definition) is 1. The van der Waals surface area contributed by atoms with E-state index in [1.165, 1.54) is 43.9 Å². The van der Waals surface area contributed by atoms with Gasteiger partial charge < -0.3 is 5.73 Å². The summed E-state index contributed by atoms with van der Waals surface area (Å²) in [6, 6.07) is 1.36. The second-order valence-electron chi connectivity index (χ2n) is 3.89. The topological polar surface area (TPSA) is 29.3 Å². The van der Waals surface area contributed by atoms with Crippen LogP contribution in [0.4, 0.5) is 0 Å². The number of nitrogens with two attached hydrogens (primary N) is 1. The lowest BCUT2D eigenvalue weighted by atomic mass is 10.0. The quantitative estimate of drug-likeness (QED) is 0.778. The zero-order valence-corrected chi connectivity index (χ0v) is 10.8. The number of thioether (sulfide) groups is 1. The number of halogens is 2. The molecule has 14 heavy (non-hydrogen) atoms. The van der Waals surface area contributed by atoms with Gasteiger partial charge in [-0.25, -0.2) is 0 Å². The van der Waals surface area contributed by atoms with Crippen LogP contribution in [0.5, 0.6) is 0 Å². The van der Waals surface area contributed by atoms with Crippen LogP contribution >= 0.6 is 36.6 Å². The maximum Gasteiger partial charge on any atom is 0.0194 e. The molecule has 1 atom stereocenters. The highest BCUT2D eigenvalue weighted by Gasteiger charge is 2.25. The van der Waals surface area contributed by atoms with Gasteiger partial charge >= 0.3 is 0 Å². The van der Waals surface area contributed by atoms with Crippen molar-refractivity contribution in [1.29, 1.82) is 0 Å². The van der Waals surface area contributed by atoms with Crippen LogP contribution in [0, 0.1) is 0 Å². The number of rotatable bonds is 1. The van der Waals surface area contributed by atoms with E-state index in [4.69, 9.17) is 5.73 Å². The van der Waals surface area contributed by atoms with Gasteiger partial charge in [-0.1, -0.05) is 0 Å². The number of nitrogens with zero attached hydrogens (tertiary/aromatic N) is 1. The second-order valence-corrected chi connectivity index (χ2v) is 5.04. The standard InChI is InChI=1S/C9H18N2S.2ClH/c10-8-1-4-11(5-2-8)9-3-6-12-7-9;;/h8-9H,1-7,10H2;2*1H. The average Bonchev–Trinajstić information content (AvgIpc) is 2.58. The van der Waals surface area contributed by atoms with Gasteiger partial charge in [0.25, 0.3) is 0 Å². The molecule has 0 bridgehead atoms. The third-order valence-electron chi connectivity index (χ3n) is 3.00. The summed E-state index contributed by atoms with van der Waals surface area (Å²) in [5.41, 5.74) is 5.86. The van der Waals surface area contributed by atoms with Crippen LogP contribution in [0.3, 0.4) is 0 Å². The molecule has 1 unspecified atom stereocenters. The number of likely N-dealkylation sites (tertiary alicyclic amines) is 1. The van der Waals surface area contributed by atoms with Gasteiger partial charge in [-0.3, -0.25) is 4.90 Å². The van der Waals surface area contributed by atoms with E-state index < -0.39 is 0 Å². The lowest BCUT2D eigenvalue weighted by Gasteiger charge is -2.34. The average molecular weight is 259 g/mol. The highest BCUT2D eigenvalue weighted by Crippen LogP contribution is 2.24. The number of piperidine rings is 1. The Morgan fingerprint density at radius 3 is 2.21 bits per heavy atom. The van der Waals surface area contributed by atoms with Gasteiger partial charge in [0.05, 0.1) is 0 Å². The third-order valence-corrected chi connectivity index (χ3v) is 4.14. The molecule has 0 saturated carbocycles. The molecule has 2 rings (SSSR count). The largest absolute Gasteiger partial charge is 0.328 e. The molecule has 5 heteroatoms. The summed E-state index contributed by atoms with van der Waals surface area (Å²) < 4.78 is 0. The van der Waals surface area contributed by atoms with E-state index in [1.807, 2.05) is 0 Å². The molecule has 0 spiro atoms. The van der Waals surface area contributed by atoms with Crippen LogP contribution in [-0.2, 0) is 0 Å². The minimum Gasteiger partial charge on any atom is -0.328 e. The van der Waals surface area contributed by atoms with Crippen molar-refractivity contribution in [3.63, 3.8) is 0 Å². The summed E-state index contributed by atoms with van der Waals surface area (Å²) >= 11 is 2.10. The lowest BCUT2D eigenvalue weighted by molar-refractivity contribution is 0.166. The van der Waals surface area contributed by atoms with Crippen LogP contribution in [0.25, 0.3) is 0 Å². The summed E-state index contributed by atoms with van der Waals surface area (Å²) in [6.07, 6.45) is 3.82. The molecule has 2 aliphatic heterocycles. The van der Waals surface area contributed by atoms with E-state index >= 15 is 0 Å². The molecule has 0 aromatic carbocycles.